The second-order valence-electron chi connectivity index (χ2n) is 3.99. The summed E-state index contributed by atoms with van der Waals surface area (Å²) in [7, 11) is 0. The highest BCUT2D eigenvalue weighted by molar-refractivity contribution is 7.81. The lowest BCUT2D eigenvalue weighted by Gasteiger charge is -2.35. The maximum atomic E-state index is 5.83. The summed E-state index contributed by atoms with van der Waals surface area (Å²) in [6.07, 6.45) is 3.78. The van der Waals surface area contributed by atoms with Crippen LogP contribution in [0.4, 0.5) is 5.69 Å². The Morgan fingerprint density at radius 3 is 2.80 bits per heavy atom. The Kier molecular flexibility index (Phi) is 2.31. The van der Waals surface area contributed by atoms with Crippen LogP contribution < -0.4 is 10.6 Å². The van der Waals surface area contributed by atoms with Gasteiger partial charge in [-0.3, -0.25) is 0 Å². The van der Waals surface area contributed by atoms with Crippen LogP contribution >= 0.6 is 12.6 Å². The molecule has 0 saturated carbocycles. The first-order valence-corrected chi connectivity index (χ1v) is 5.19. The Balaban J connectivity index is 2.37. The quantitative estimate of drug-likeness (QED) is 0.566. The minimum Gasteiger partial charge on any atom is -0.398 e. The molecular formula is C11H14N2OS. The molecule has 1 aliphatic rings. The van der Waals surface area contributed by atoms with Crippen LogP contribution in [0.1, 0.15) is 19.4 Å². The average molecular weight is 222 g/mol. The summed E-state index contributed by atoms with van der Waals surface area (Å²) in [4.78, 5) is 5.31. The monoisotopic (exact) mass is 222 g/mol. The van der Waals surface area contributed by atoms with Crippen molar-refractivity contribution in [1.29, 1.82) is 0 Å². The highest BCUT2D eigenvalue weighted by Gasteiger charge is 2.24. The molecule has 1 aliphatic heterocycles. The molecule has 2 N–H and O–H groups in total. The van der Waals surface area contributed by atoms with Crippen molar-refractivity contribution in [2.45, 2.75) is 18.7 Å². The summed E-state index contributed by atoms with van der Waals surface area (Å²) >= 11 is 4.43. The molecule has 1 aromatic rings. The molecule has 0 fully saturated rings. The van der Waals surface area contributed by atoms with Gasteiger partial charge in [0.15, 0.2) is 5.75 Å². The zero-order valence-corrected chi connectivity index (χ0v) is 9.66. The van der Waals surface area contributed by atoms with Gasteiger partial charge in [0.25, 0.3) is 0 Å². The third kappa shape index (κ3) is 1.90. The SMILES string of the molecule is CC(C)(S)N1C=Cc2c(N)cccc2O1. The van der Waals surface area contributed by atoms with Gasteiger partial charge >= 0.3 is 0 Å². The van der Waals surface area contributed by atoms with Gasteiger partial charge in [-0.25, -0.2) is 5.06 Å². The van der Waals surface area contributed by atoms with E-state index in [2.05, 4.69) is 12.6 Å². The summed E-state index contributed by atoms with van der Waals surface area (Å²) in [5, 5.41) is 1.69. The van der Waals surface area contributed by atoms with Crippen LogP contribution in [-0.4, -0.2) is 9.93 Å². The summed E-state index contributed by atoms with van der Waals surface area (Å²) in [6.45, 7) is 3.91. The number of rotatable bonds is 1. The first kappa shape index (κ1) is 10.2. The lowest BCUT2D eigenvalue weighted by atomic mass is 10.1. The molecule has 0 unspecified atom stereocenters. The molecule has 0 atom stereocenters. The van der Waals surface area contributed by atoms with Crippen molar-refractivity contribution < 1.29 is 4.84 Å². The van der Waals surface area contributed by atoms with Crippen molar-refractivity contribution in [1.82, 2.24) is 5.06 Å². The van der Waals surface area contributed by atoms with Crippen LogP contribution in [0.2, 0.25) is 0 Å². The molecule has 1 heterocycles. The van der Waals surface area contributed by atoms with Crippen LogP contribution in [0, 0.1) is 0 Å². The van der Waals surface area contributed by atoms with Crippen LogP contribution in [-0.2, 0) is 0 Å². The molecule has 4 heteroatoms. The maximum absolute atomic E-state index is 5.83. The molecule has 15 heavy (non-hydrogen) atoms. The van der Waals surface area contributed by atoms with E-state index in [4.69, 9.17) is 10.6 Å². The Morgan fingerprint density at radius 2 is 2.13 bits per heavy atom. The number of nitrogens with two attached hydrogens (primary N) is 1. The van der Waals surface area contributed by atoms with Crippen LogP contribution in [0.25, 0.3) is 6.08 Å². The second kappa shape index (κ2) is 3.38. The summed E-state index contributed by atoms with van der Waals surface area (Å²) in [6, 6.07) is 5.62. The normalized spacial score (nSPS) is 14.7. The zero-order valence-electron chi connectivity index (χ0n) is 8.77. The molecule has 0 aliphatic carbocycles. The van der Waals surface area contributed by atoms with Gasteiger partial charge in [0, 0.05) is 17.5 Å². The summed E-state index contributed by atoms with van der Waals surface area (Å²) in [5.41, 5.74) is 7.47. The molecule has 80 valence electrons. The van der Waals surface area contributed by atoms with E-state index in [1.165, 1.54) is 0 Å². The number of hydrogen-bond acceptors (Lipinski definition) is 4. The standard InChI is InChI=1S/C11H14N2OS/c1-11(2,15)13-7-6-8-9(12)4-3-5-10(8)14-13/h3-7,15H,12H2,1-2H3. The van der Waals surface area contributed by atoms with Crippen LogP contribution in [0.3, 0.4) is 0 Å². The zero-order chi connectivity index (χ0) is 11.1. The molecule has 1 aromatic carbocycles. The van der Waals surface area contributed by atoms with Crippen molar-refractivity contribution in [3.05, 3.63) is 30.0 Å². The number of fused-ring (bicyclic) bond motifs is 1. The van der Waals surface area contributed by atoms with E-state index in [1.807, 2.05) is 44.3 Å². The van der Waals surface area contributed by atoms with Gasteiger partial charge in [0.1, 0.15) is 4.87 Å². The van der Waals surface area contributed by atoms with Gasteiger partial charge in [0.05, 0.1) is 0 Å². The smallest absolute Gasteiger partial charge is 0.164 e. The fourth-order valence-corrected chi connectivity index (χ4v) is 1.50. The number of nitrogens with zero attached hydrogens (tertiary/aromatic N) is 1. The number of hydrogen-bond donors (Lipinski definition) is 2. The number of anilines is 1. The molecule has 2 rings (SSSR count). The Hall–Kier alpha value is -1.29. The van der Waals surface area contributed by atoms with Gasteiger partial charge in [0.2, 0.25) is 0 Å². The largest absolute Gasteiger partial charge is 0.398 e. The molecule has 0 aromatic heterocycles. The number of nitrogen functional groups attached to an aromatic ring is 1. The number of hydroxylamine groups is 2. The average Bonchev–Trinajstić information content (AvgIpc) is 2.16. The minimum atomic E-state index is -0.362. The van der Waals surface area contributed by atoms with Gasteiger partial charge in [-0.1, -0.05) is 6.07 Å². The summed E-state index contributed by atoms with van der Waals surface area (Å²) < 4.78 is 0. The Labute approximate surface area is 94.9 Å². The number of benzene rings is 1. The minimum absolute atomic E-state index is 0.362. The first-order valence-electron chi connectivity index (χ1n) is 4.75. The third-order valence-corrected chi connectivity index (χ3v) is 2.41. The predicted molar refractivity (Wildman–Crippen MR) is 65.4 cm³/mol. The molecule has 0 amide bonds. The Morgan fingerprint density at radius 1 is 1.40 bits per heavy atom. The van der Waals surface area contributed by atoms with Gasteiger partial charge < -0.3 is 10.6 Å². The van der Waals surface area contributed by atoms with Gasteiger partial charge in [-0.05, 0) is 32.1 Å². The fourth-order valence-electron chi connectivity index (χ4n) is 1.39. The van der Waals surface area contributed by atoms with Gasteiger partial charge in [-0.15, -0.1) is 12.6 Å². The number of thiol groups is 1. The van der Waals surface area contributed by atoms with E-state index in [1.54, 1.807) is 5.06 Å². The molecule has 0 radical (unpaired) electrons. The lowest BCUT2D eigenvalue weighted by Crippen LogP contribution is -2.38. The van der Waals surface area contributed by atoms with E-state index in [0.29, 0.717) is 0 Å². The maximum Gasteiger partial charge on any atom is 0.164 e. The van der Waals surface area contributed by atoms with E-state index in [9.17, 15) is 0 Å². The van der Waals surface area contributed by atoms with Crippen molar-refractivity contribution in [3.63, 3.8) is 0 Å². The van der Waals surface area contributed by atoms with Crippen molar-refractivity contribution in [2.75, 3.05) is 5.73 Å². The molecular weight excluding hydrogens is 208 g/mol. The molecule has 3 nitrogen and oxygen atoms in total. The highest BCUT2D eigenvalue weighted by Crippen LogP contribution is 2.33. The van der Waals surface area contributed by atoms with Crippen LogP contribution in [0.15, 0.2) is 24.4 Å². The van der Waals surface area contributed by atoms with Gasteiger partial charge in [-0.2, -0.15) is 0 Å². The predicted octanol–water partition coefficient (Wildman–Crippen LogP) is 2.51. The first-order chi connectivity index (χ1) is 6.98. The van der Waals surface area contributed by atoms with E-state index >= 15 is 0 Å². The van der Waals surface area contributed by atoms with Crippen molar-refractivity contribution >= 4 is 24.4 Å². The summed E-state index contributed by atoms with van der Waals surface area (Å²) in [5.74, 6) is 0.764. The molecule has 0 spiro atoms. The molecule has 0 bridgehead atoms. The molecule has 0 saturated heterocycles. The van der Waals surface area contributed by atoms with Crippen molar-refractivity contribution in [3.8, 4) is 5.75 Å². The topological polar surface area (TPSA) is 38.5 Å². The van der Waals surface area contributed by atoms with E-state index < -0.39 is 0 Å². The third-order valence-electron chi connectivity index (χ3n) is 2.21. The van der Waals surface area contributed by atoms with Crippen molar-refractivity contribution in [2.24, 2.45) is 0 Å². The fraction of sp³-hybridized carbons (Fsp3) is 0.273. The lowest BCUT2D eigenvalue weighted by molar-refractivity contribution is -0.0504. The second-order valence-corrected chi connectivity index (χ2v) is 5.08. The Bertz CT molecular complexity index is 410. The van der Waals surface area contributed by atoms with E-state index in [0.717, 1.165) is 17.0 Å². The highest BCUT2D eigenvalue weighted by atomic mass is 32.1. The van der Waals surface area contributed by atoms with E-state index in [-0.39, 0.29) is 4.87 Å². The van der Waals surface area contributed by atoms with Crippen LogP contribution in [0.5, 0.6) is 5.75 Å².